The molecule has 112 valence electrons. The van der Waals surface area contributed by atoms with Crippen LogP contribution in [0, 0.1) is 0 Å². The molecule has 2 rings (SSSR count). The van der Waals surface area contributed by atoms with Gasteiger partial charge in [0.2, 0.25) is 5.91 Å². The molecule has 0 radical (unpaired) electrons. The molecule has 1 heterocycles. The Labute approximate surface area is 128 Å². The fourth-order valence-electron chi connectivity index (χ4n) is 2.02. The van der Waals surface area contributed by atoms with E-state index in [0.717, 1.165) is 5.56 Å². The van der Waals surface area contributed by atoms with Gasteiger partial charge < -0.3 is 14.8 Å². The Bertz CT molecular complexity index is 593. The minimum Gasteiger partial charge on any atom is -0.469 e. The van der Waals surface area contributed by atoms with Gasteiger partial charge in [-0.1, -0.05) is 29.8 Å². The number of furan rings is 1. The van der Waals surface area contributed by atoms with E-state index in [-0.39, 0.29) is 18.9 Å². The molecule has 0 aliphatic rings. The third-order valence-electron chi connectivity index (χ3n) is 3.11. The van der Waals surface area contributed by atoms with Crippen molar-refractivity contribution in [2.45, 2.75) is 25.4 Å². The summed E-state index contributed by atoms with van der Waals surface area (Å²) in [5.74, 6) is 0.503. The van der Waals surface area contributed by atoms with E-state index in [1.807, 2.05) is 18.2 Å². The normalized spacial score (nSPS) is 13.7. The minimum atomic E-state index is -1.06. The van der Waals surface area contributed by atoms with E-state index < -0.39 is 5.60 Å². The number of halogens is 1. The van der Waals surface area contributed by atoms with Crippen LogP contribution < -0.4 is 5.32 Å². The molecule has 2 aromatic rings. The van der Waals surface area contributed by atoms with E-state index in [4.69, 9.17) is 16.0 Å². The number of carbonyl (C=O) groups excluding carboxylic acids is 1. The van der Waals surface area contributed by atoms with Gasteiger partial charge in [-0.05, 0) is 30.7 Å². The largest absolute Gasteiger partial charge is 0.469 e. The van der Waals surface area contributed by atoms with E-state index >= 15 is 0 Å². The van der Waals surface area contributed by atoms with Crippen LogP contribution in [-0.4, -0.2) is 23.2 Å². The highest BCUT2D eigenvalue weighted by Gasteiger charge is 2.23. The Morgan fingerprint density at radius 3 is 2.76 bits per heavy atom. The van der Waals surface area contributed by atoms with Crippen molar-refractivity contribution in [3.8, 4) is 0 Å². The summed E-state index contributed by atoms with van der Waals surface area (Å²) in [4.78, 5) is 11.9. The maximum Gasteiger partial charge on any atom is 0.224 e. The summed E-state index contributed by atoms with van der Waals surface area (Å²) in [6, 6.07) is 10.8. The summed E-state index contributed by atoms with van der Waals surface area (Å²) in [5.41, 5.74) is -0.295. The van der Waals surface area contributed by atoms with Gasteiger partial charge >= 0.3 is 0 Å². The molecule has 1 aromatic carbocycles. The topological polar surface area (TPSA) is 62.5 Å². The summed E-state index contributed by atoms with van der Waals surface area (Å²) in [5, 5.41) is 13.5. The first-order valence-electron chi connectivity index (χ1n) is 6.71. The molecule has 0 saturated carbocycles. The van der Waals surface area contributed by atoms with Gasteiger partial charge in [-0.15, -0.1) is 0 Å². The highest BCUT2D eigenvalue weighted by Crippen LogP contribution is 2.16. The molecular formula is C16H18ClNO3. The van der Waals surface area contributed by atoms with Crippen molar-refractivity contribution in [2.24, 2.45) is 0 Å². The second-order valence-corrected chi connectivity index (χ2v) is 5.71. The zero-order chi connectivity index (χ0) is 15.3. The van der Waals surface area contributed by atoms with E-state index in [1.165, 1.54) is 0 Å². The van der Waals surface area contributed by atoms with Crippen LogP contribution >= 0.6 is 11.6 Å². The van der Waals surface area contributed by atoms with Gasteiger partial charge in [0.15, 0.2) is 0 Å². The van der Waals surface area contributed by atoms with Gasteiger partial charge in [0.05, 0.1) is 18.3 Å². The summed E-state index contributed by atoms with van der Waals surface area (Å²) >= 11 is 6.01. The molecule has 0 unspecified atom stereocenters. The van der Waals surface area contributed by atoms with E-state index in [1.54, 1.807) is 31.4 Å². The number of rotatable bonds is 6. The molecule has 1 aromatic heterocycles. The smallest absolute Gasteiger partial charge is 0.224 e. The number of hydrogen-bond donors (Lipinski definition) is 2. The van der Waals surface area contributed by atoms with Crippen molar-refractivity contribution in [3.63, 3.8) is 0 Å². The van der Waals surface area contributed by atoms with Crippen molar-refractivity contribution >= 4 is 17.5 Å². The van der Waals surface area contributed by atoms with Gasteiger partial charge in [-0.2, -0.15) is 0 Å². The van der Waals surface area contributed by atoms with Crippen molar-refractivity contribution in [1.29, 1.82) is 0 Å². The SMILES string of the molecule is C[C@](O)(CNC(=O)Cc1ccccc1Cl)Cc1ccco1. The molecule has 0 saturated heterocycles. The van der Waals surface area contributed by atoms with Crippen LogP contribution in [0.4, 0.5) is 0 Å². The maximum absolute atomic E-state index is 11.9. The monoisotopic (exact) mass is 307 g/mol. The van der Waals surface area contributed by atoms with Gasteiger partial charge in [-0.25, -0.2) is 0 Å². The molecule has 21 heavy (non-hydrogen) atoms. The molecule has 0 spiro atoms. The fourth-order valence-corrected chi connectivity index (χ4v) is 2.22. The van der Waals surface area contributed by atoms with Crippen molar-refractivity contribution in [3.05, 3.63) is 59.0 Å². The zero-order valence-corrected chi connectivity index (χ0v) is 12.6. The van der Waals surface area contributed by atoms with Crippen LogP contribution in [0.25, 0.3) is 0 Å². The molecule has 2 N–H and O–H groups in total. The Hall–Kier alpha value is -1.78. The molecular weight excluding hydrogens is 290 g/mol. The van der Waals surface area contributed by atoms with Gasteiger partial charge in [0.25, 0.3) is 0 Å². The number of nitrogens with one attached hydrogen (secondary N) is 1. The van der Waals surface area contributed by atoms with Crippen LogP contribution in [0.3, 0.4) is 0 Å². The average Bonchev–Trinajstić information content (AvgIpc) is 2.91. The molecule has 1 atom stereocenters. The molecule has 0 aliphatic carbocycles. The molecule has 0 aliphatic heterocycles. The van der Waals surface area contributed by atoms with Crippen molar-refractivity contribution < 1.29 is 14.3 Å². The van der Waals surface area contributed by atoms with Crippen LogP contribution in [0.1, 0.15) is 18.2 Å². The molecule has 0 fully saturated rings. The van der Waals surface area contributed by atoms with E-state index in [2.05, 4.69) is 5.32 Å². The number of amides is 1. The number of benzene rings is 1. The number of carbonyl (C=O) groups is 1. The third-order valence-corrected chi connectivity index (χ3v) is 3.48. The Balaban J connectivity index is 1.84. The van der Waals surface area contributed by atoms with Gasteiger partial charge in [0.1, 0.15) is 5.76 Å². The lowest BCUT2D eigenvalue weighted by molar-refractivity contribution is -0.121. The lowest BCUT2D eigenvalue weighted by Gasteiger charge is -2.22. The Morgan fingerprint density at radius 1 is 1.33 bits per heavy atom. The third kappa shape index (κ3) is 4.92. The summed E-state index contributed by atoms with van der Waals surface area (Å²) in [6.45, 7) is 1.81. The molecule has 5 heteroatoms. The highest BCUT2D eigenvalue weighted by atomic mass is 35.5. The molecule has 1 amide bonds. The maximum atomic E-state index is 11.9. The first kappa shape index (κ1) is 15.6. The zero-order valence-electron chi connectivity index (χ0n) is 11.8. The summed E-state index contributed by atoms with van der Waals surface area (Å²) in [7, 11) is 0. The Morgan fingerprint density at radius 2 is 2.10 bits per heavy atom. The van der Waals surface area contributed by atoms with Crippen molar-refractivity contribution in [2.75, 3.05) is 6.54 Å². The van der Waals surface area contributed by atoms with Crippen LogP contribution in [0.2, 0.25) is 5.02 Å². The average molecular weight is 308 g/mol. The van der Waals surface area contributed by atoms with Crippen LogP contribution in [0.5, 0.6) is 0 Å². The molecule has 0 bridgehead atoms. The quantitative estimate of drug-likeness (QED) is 0.862. The second kappa shape index (κ2) is 6.78. The summed E-state index contributed by atoms with van der Waals surface area (Å²) in [6.07, 6.45) is 2.09. The highest BCUT2D eigenvalue weighted by molar-refractivity contribution is 6.31. The number of hydrogen-bond acceptors (Lipinski definition) is 3. The van der Waals surface area contributed by atoms with E-state index in [0.29, 0.717) is 17.2 Å². The number of aliphatic hydroxyl groups is 1. The lowest BCUT2D eigenvalue weighted by Crippen LogP contribution is -2.42. The van der Waals surface area contributed by atoms with Crippen LogP contribution in [0.15, 0.2) is 47.1 Å². The standard InChI is InChI=1S/C16H18ClNO3/c1-16(20,10-13-6-4-8-21-13)11-18-15(19)9-12-5-2-3-7-14(12)17/h2-8,20H,9-11H2,1H3,(H,18,19)/t16-/m1/s1. The first-order chi connectivity index (χ1) is 9.96. The predicted molar refractivity (Wildman–Crippen MR) is 81.2 cm³/mol. The van der Waals surface area contributed by atoms with E-state index in [9.17, 15) is 9.90 Å². The van der Waals surface area contributed by atoms with Gasteiger partial charge in [0, 0.05) is 18.0 Å². The predicted octanol–water partition coefficient (Wildman–Crippen LogP) is 2.59. The Kier molecular flexibility index (Phi) is 5.04. The van der Waals surface area contributed by atoms with Crippen molar-refractivity contribution in [1.82, 2.24) is 5.32 Å². The fraction of sp³-hybridized carbons (Fsp3) is 0.312. The van der Waals surface area contributed by atoms with Gasteiger partial charge in [-0.3, -0.25) is 4.79 Å². The lowest BCUT2D eigenvalue weighted by atomic mass is 10.0. The first-order valence-corrected chi connectivity index (χ1v) is 7.09. The molecule has 4 nitrogen and oxygen atoms in total. The minimum absolute atomic E-state index is 0.150. The van der Waals surface area contributed by atoms with Crippen LogP contribution in [-0.2, 0) is 17.6 Å². The summed E-state index contributed by atoms with van der Waals surface area (Å²) < 4.78 is 5.20. The second-order valence-electron chi connectivity index (χ2n) is 5.30.